The molecule has 0 spiro atoms. The second kappa shape index (κ2) is 3.39. The molecule has 0 unspecified atom stereocenters. The van der Waals surface area contributed by atoms with Gasteiger partial charge in [0.15, 0.2) is 0 Å². The fourth-order valence-electron chi connectivity index (χ4n) is 0.262. The summed E-state index contributed by atoms with van der Waals surface area (Å²) in [6, 6.07) is 0. The molecular weight excluding hydrogens is 182 g/mol. The van der Waals surface area contributed by atoms with Crippen molar-refractivity contribution in [3.05, 3.63) is 0 Å². The number of aliphatic hydroxyl groups is 1. The maximum Gasteiger partial charge on any atom is 0.283 e. The van der Waals surface area contributed by atoms with Crippen LogP contribution >= 0.6 is 0 Å². The minimum absolute atomic E-state index is 1.19. The summed E-state index contributed by atoms with van der Waals surface area (Å²) < 4.78 is 45.5. The summed E-state index contributed by atoms with van der Waals surface area (Å²) in [5.41, 5.74) is 0. The highest BCUT2D eigenvalue weighted by Gasteiger charge is 2.28. The molecule has 0 fully saturated rings. The number of hydrogen-bond acceptors (Lipinski definition) is 3. The number of halogens is 2. The number of nitrogens with one attached hydrogen (secondary N) is 1. The van der Waals surface area contributed by atoms with Gasteiger partial charge in [0.05, 0.1) is 6.54 Å². The Balaban J connectivity index is 3.90. The lowest BCUT2D eigenvalue weighted by Crippen LogP contribution is -2.41. The van der Waals surface area contributed by atoms with Crippen molar-refractivity contribution in [3.8, 4) is 0 Å². The lowest BCUT2D eigenvalue weighted by molar-refractivity contribution is -0.0437. The quantitative estimate of drug-likeness (QED) is 0.499. The van der Waals surface area contributed by atoms with E-state index in [-0.39, 0.29) is 0 Å². The SMILES string of the molecule is NS(=O)(=O)NCC(F)(F)CO. The van der Waals surface area contributed by atoms with Crippen molar-refractivity contribution in [1.29, 1.82) is 0 Å². The maximum absolute atomic E-state index is 12.1. The summed E-state index contributed by atoms with van der Waals surface area (Å²) in [4.78, 5) is 0. The van der Waals surface area contributed by atoms with Gasteiger partial charge < -0.3 is 5.11 Å². The highest BCUT2D eigenvalue weighted by molar-refractivity contribution is 7.87. The molecule has 68 valence electrons. The molecule has 5 nitrogen and oxygen atoms in total. The fourth-order valence-corrected chi connectivity index (χ4v) is 0.674. The van der Waals surface area contributed by atoms with Gasteiger partial charge in [-0.1, -0.05) is 0 Å². The van der Waals surface area contributed by atoms with Gasteiger partial charge in [-0.25, -0.2) is 13.9 Å². The van der Waals surface area contributed by atoms with Crippen LogP contribution in [0.5, 0.6) is 0 Å². The first kappa shape index (κ1) is 10.7. The Kier molecular flexibility index (Phi) is 3.30. The standard InChI is InChI=1S/C3H8F2N2O3S/c4-3(5,2-8)1-7-11(6,9)10/h7-8H,1-2H2,(H2,6,9,10). The molecule has 0 saturated carbocycles. The predicted octanol–water partition coefficient (Wildman–Crippen LogP) is -1.59. The molecule has 0 saturated heterocycles. The molecule has 0 aliphatic carbocycles. The van der Waals surface area contributed by atoms with Crippen LogP contribution in [0.1, 0.15) is 0 Å². The van der Waals surface area contributed by atoms with Crippen LogP contribution in [0.4, 0.5) is 8.78 Å². The number of rotatable bonds is 4. The van der Waals surface area contributed by atoms with Crippen LogP contribution in [0, 0.1) is 0 Å². The summed E-state index contributed by atoms with van der Waals surface area (Å²) in [5, 5.41) is 12.3. The molecule has 0 radical (unpaired) electrons. The van der Waals surface area contributed by atoms with Gasteiger partial charge >= 0.3 is 0 Å². The van der Waals surface area contributed by atoms with Gasteiger partial charge in [0.25, 0.3) is 16.1 Å². The third-order valence-corrected chi connectivity index (χ3v) is 1.31. The number of alkyl halides is 2. The summed E-state index contributed by atoms with van der Waals surface area (Å²) >= 11 is 0. The molecule has 0 aromatic heterocycles. The zero-order valence-electron chi connectivity index (χ0n) is 5.42. The molecule has 0 aliphatic heterocycles. The third-order valence-electron chi connectivity index (χ3n) is 0.763. The van der Waals surface area contributed by atoms with E-state index in [9.17, 15) is 17.2 Å². The van der Waals surface area contributed by atoms with E-state index < -0.39 is 29.3 Å². The van der Waals surface area contributed by atoms with E-state index in [2.05, 4.69) is 5.14 Å². The monoisotopic (exact) mass is 190 g/mol. The minimum atomic E-state index is -4.11. The van der Waals surface area contributed by atoms with Crippen LogP contribution in [-0.2, 0) is 10.2 Å². The van der Waals surface area contributed by atoms with E-state index in [1.807, 2.05) is 0 Å². The lowest BCUT2D eigenvalue weighted by Gasteiger charge is -2.11. The highest BCUT2D eigenvalue weighted by atomic mass is 32.2. The summed E-state index contributed by atoms with van der Waals surface area (Å²) in [7, 11) is -4.11. The van der Waals surface area contributed by atoms with Crippen molar-refractivity contribution in [2.24, 2.45) is 5.14 Å². The Morgan fingerprint density at radius 2 is 2.00 bits per heavy atom. The Morgan fingerprint density at radius 1 is 1.55 bits per heavy atom. The largest absolute Gasteiger partial charge is 0.390 e. The van der Waals surface area contributed by atoms with Crippen molar-refractivity contribution in [1.82, 2.24) is 4.72 Å². The first-order chi connectivity index (χ1) is 4.77. The van der Waals surface area contributed by atoms with Gasteiger partial charge in [-0.3, -0.25) is 0 Å². The normalized spacial score (nSPS) is 13.5. The van der Waals surface area contributed by atoms with Crippen molar-refractivity contribution in [2.75, 3.05) is 13.2 Å². The van der Waals surface area contributed by atoms with E-state index in [0.717, 1.165) is 0 Å². The minimum Gasteiger partial charge on any atom is -0.390 e. The molecule has 0 bridgehead atoms. The first-order valence-corrected chi connectivity index (χ1v) is 4.07. The molecule has 8 heteroatoms. The van der Waals surface area contributed by atoms with Gasteiger partial charge in [0, 0.05) is 0 Å². The molecule has 4 N–H and O–H groups in total. The van der Waals surface area contributed by atoms with E-state index in [1.54, 1.807) is 0 Å². The molecule has 0 rings (SSSR count). The smallest absolute Gasteiger partial charge is 0.283 e. The Labute approximate surface area is 62.4 Å². The fraction of sp³-hybridized carbons (Fsp3) is 1.00. The maximum atomic E-state index is 12.1. The van der Waals surface area contributed by atoms with Crippen LogP contribution in [0.3, 0.4) is 0 Å². The predicted molar refractivity (Wildman–Crippen MR) is 33.1 cm³/mol. The van der Waals surface area contributed by atoms with Gasteiger partial charge in [0.2, 0.25) is 0 Å². The van der Waals surface area contributed by atoms with Gasteiger partial charge in [-0.05, 0) is 0 Å². The zero-order valence-corrected chi connectivity index (χ0v) is 6.24. The molecule has 11 heavy (non-hydrogen) atoms. The average molecular weight is 190 g/mol. The highest BCUT2D eigenvalue weighted by Crippen LogP contribution is 2.09. The number of hydrogen-bond donors (Lipinski definition) is 3. The molecule has 0 amide bonds. The second-order valence-electron chi connectivity index (χ2n) is 1.88. The molecular formula is C3H8F2N2O3S. The molecule has 0 aliphatic rings. The summed E-state index contributed by atoms with van der Waals surface area (Å²) in [6.45, 7) is -2.61. The molecule has 0 aromatic rings. The van der Waals surface area contributed by atoms with Crippen LogP contribution in [-0.4, -0.2) is 32.6 Å². The van der Waals surface area contributed by atoms with Gasteiger partial charge in [-0.2, -0.15) is 13.1 Å². The summed E-state index contributed by atoms with van der Waals surface area (Å²) in [6.07, 6.45) is 0. The number of aliphatic hydroxyl groups excluding tert-OH is 1. The Hall–Kier alpha value is -0.310. The Morgan fingerprint density at radius 3 is 2.27 bits per heavy atom. The van der Waals surface area contributed by atoms with Crippen molar-refractivity contribution >= 4 is 10.2 Å². The van der Waals surface area contributed by atoms with E-state index in [4.69, 9.17) is 5.11 Å². The van der Waals surface area contributed by atoms with Crippen LogP contribution in [0.2, 0.25) is 0 Å². The van der Waals surface area contributed by atoms with Gasteiger partial charge in [-0.15, -0.1) is 0 Å². The van der Waals surface area contributed by atoms with Crippen LogP contribution in [0.15, 0.2) is 0 Å². The first-order valence-electron chi connectivity index (χ1n) is 2.53. The van der Waals surface area contributed by atoms with Crippen LogP contribution < -0.4 is 9.86 Å². The second-order valence-corrected chi connectivity index (χ2v) is 3.26. The summed E-state index contributed by atoms with van der Waals surface area (Å²) in [5.74, 6) is -3.47. The lowest BCUT2D eigenvalue weighted by atomic mass is 10.4. The molecule has 0 aromatic carbocycles. The third kappa shape index (κ3) is 6.10. The topological polar surface area (TPSA) is 92.4 Å². The molecule has 0 atom stereocenters. The average Bonchev–Trinajstić information content (AvgIpc) is 1.83. The Bertz CT molecular complexity index is 215. The van der Waals surface area contributed by atoms with E-state index in [1.165, 1.54) is 4.72 Å². The van der Waals surface area contributed by atoms with Crippen molar-refractivity contribution in [3.63, 3.8) is 0 Å². The van der Waals surface area contributed by atoms with E-state index >= 15 is 0 Å². The zero-order chi connectivity index (χ0) is 9.12. The van der Waals surface area contributed by atoms with Crippen LogP contribution in [0.25, 0.3) is 0 Å². The van der Waals surface area contributed by atoms with Crippen molar-refractivity contribution < 1.29 is 22.3 Å². The molecule has 0 heterocycles. The number of nitrogens with two attached hydrogens (primary N) is 1. The van der Waals surface area contributed by atoms with E-state index in [0.29, 0.717) is 0 Å². The van der Waals surface area contributed by atoms with Gasteiger partial charge in [0.1, 0.15) is 6.61 Å². The van der Waals surface area contributed by atoms with Crippen molar-refractivity contribution in [2.45, 2.75) is 5.92 Å².